The van der Waals surface area contributed by atoms with Crippen LogP contribution in [0.2, 0.25) is 0 Å². The molecule has 0 spiro atoms. The smallest absolute Gasteiger partial charge is 0.121 e. The number of hydrogen-bond donors (Lipinski definition) is 1. The fourth-order valence-electron chi connectivity index (χ4n) is 3.00. The van der Waals surface area contributed by atoms with Crippen LogP contribution in [0.5, 0.6) is 5.75 Å². The maximum atomic E-state index is 10.2. The lowest BCUT2D eigenvalue weighted by Gasteiger charge is -2.18. The predicted octanol–water partition coefficient (Wildman–Crippen LogP) is 3.37. The van der Waals surface area contributed by atoms with Crippen LogP contribution in [0.15, 0.2) is 30.3 Å². The van der Waals surface area contributed by atoms with Gasteiger partial charge in [0.15, 0.2) is 0 Å². The van der Waals surface area contributed by atoms with Gasteiger partial charge in [0.1, 0.15) is 5.75 Å². The lowest BCUT2D eigenvalue weighted by atomic mass is 9.89. The van der Waals surface area contributed by atoms with E-state index >= 15 is 0 Å². The second kappa shape index (κ2) is 3.92. The van der Waals surface area contributed by atoms with Gasteiger partial charge >= 0.3 is 0 Å². The van der Waals surface area contributed by atoms with E-state index in [-0.39, 0.29) is 0 Å². The van der Waals surface area contributed by atoms with E-state index in [1.54, 1.807) is 6.07 Å². The maximum absolute atomic E-state index is 10.2. The quantitative estimate of drug-likeness (QED) is 0.622. The van der Waals surface area contributed by atoms with Crippen molar-refractivity contribution in [3.05, 3.63) is 41.5 Å². The first-order valence-corrected chi connectivity index (χ1v) is 6.73. The first-order valence-electron chi connectivity index (χ1n) is 6.73. The van der Waals surface area contributed by atoms with E-state index in [1.807, 2.05) is 24.3 Å². The Labute approximate surface area is 110 Å². The van der Waals surface area contributed by atoms with Crippen LogP contribution in [0, 0.1) is 0 Å². The maximum Gasteiger partial charge on any atom is 0.121 e. The molecular weight excluding hydrogens is 236 g/mol. The van der Waals surface area contributed by atoms with Crippen LogP contribution in [0.25, 0.3) is 22.1 Å². The molecule has 0 radical (unpaired) electrons. The van der Waals surface area contributed by atoms with E-state index in [2.05, 4.69) is 4.98 Å². The van der Waals surface area contributed by atoms with Crippen LogP contribution in [0.4, 0.5) is 0 Å². The van der Waals surface area contributed by atoms with Crippen LogP contribution >= 0.6 is 0 Å². The van der Waals surface area contributed by atoms with Crippen molar-refractivity contribution in [2.24, 2.45) is 0 Å². The summed E-state index contributed by atoms with van der Waals surface area (Å²) >= 11 is 0. The van der Waals surface area contributed by atoms with Crippen LogP contribution in [-0.2, 0) is 12.8 Å². The van der Waals surface area contributed by atoms with E-state index in [0.717, 1.165) is 46.9 Å². The van der Waals surface area contributed by atoms with Crippen molar-refractivity contribution < 1.29 is 5.11 Å². The van der Waals surface area contributed by atoms with Gasteiger partial charge in [0.25, 0.3) is 0 Å². The third-order valence-electron chi connectivity index (χ3n) is 3.93. The molecule has 0 unspecified atom stereocenters. The number of nitrogens with zero attached hydrogens (tertiary/aromatic N) is 2. The number of para-hydroxylation sites is 2. The van der Waals surface area contributed by atoms with Gasteiger partial charge in [0.05, 0.1) is 22.1 Å². The molecule has 1 aliphatic rings. The van der Waals surface area contributed by atoms with Crippen molar-refractivity contribution in [2.45, 2.75) is 25.7 Å². The van der Waals surface area contributed by atoms with Gasteiger partial charge in [-0.15, -0.1) is 0 Å². The molecule has 0 atom stereocenters. The van der Waals surface area contributed by atoms with Crippen molar-refractivity contribution in [1.29, 1.82) is 0 Å². The van der Waals surface area contributed by atoms with Gasteiger partial charge in [0.2, 0.25) is 0 Å². The molecule has 1 heterocycles. The lowest BCUT2D eigenvalue weighted by Crippen LogP contribution is -2.05. The average molecular weight is 250 g/mol. The summed E-state index contributed by atoms with van der Waals surface area (Å²) in [6, 6.07) is 9.65. The topological polar surface area (TPSA) is 46.0 Å². The summed E-state index contributed by atoms with van der Waals surface area (Å²) in [5.74, 6) is 0.381. The van der Waals surface area contributed by atoms with Crippen molar-refractivity contribution in [2.75, 3.05) is 0 Å². The largest absolute Gasteiger partial charge is 0.508 e. The molecule has 0 aliphatic heterocycles. The first kappa shape index (κ1) is 10.7. The minimum Gasteiger partial charge on any atom is -0.508 e. The van der Waals surface area contributed by atoms with Crippen molar-refractivity contribution in [1.82, 2.24) is 9.97 Å². The van der Waals surface area contributed by atoms with E-state index in [4.69, 9.17) is 4.98 Å². The SMILES string of the molecule is Oc1cc2nc3ccccc3nc2c2c1CCCC2. The molecule has 4 rings (SSSR count). The van der Waals surface area contributed by atoms with Gasteiger partial charge < -0.3 is 5.11 Å². The highest BCUT2D eigenvalue weighted by atomic mass is 16.3. The molecule has 1 aliphatic carbocycles. The van der Waals surface area contributed by atoms with Crippen LogP contribution in [-0.4, -0.2) is 15.1 Å². The summed E-state index contributed by atoms with van der Waals surface area (Å²) in [7, 11) is 0. The van der Waals surface area contributed by atoms with Gasteiger partial charge in [-0.3, -0.25) is 0 Å². The van der Waals surface area contributed by atoms with Crippen molar-refractivity contribution in [3.63, 3.8) is 0 Å². The molecule has 1 N–H and O–H groups in total. The summed E-state index contributed by atoms with van der Waals surface area (Å²) in [5.41, 5.74) is 5.84. The number of benzene rings is 2. The molecule has 1 aromatic heterocycles. The number of rotatable bonds is 0. The van der Waals surface area contributed by atoms with Crippen molar-refractivity contribution >= 4 is 22.1 Å². The Morgan fingerprint density at radius 3 is 2.32 bits per heavy atom. The Bertz CT molecular complexity index is 795. The second-order valence-electron chi connectivity index (χ2n) is 5.14. The lowest BCUT2D eigenvalue weighted by molar-refractivity contribution is 0.463. The normalized spacial score (nSPS) is 14.7. The molecule has 19 heavy (non-hydrogen) atoms. The Morgan fingerprint density at radius 1 is 0.842 bits per heavy atom. The molecule has 94 valence electrons. The van der Waals surface area contributed by atoms with Crippen LogP contribution in [0.3, 0.4) is 0 Å². The van der Waals surface area contributed by atoms with Crippen LogP contribution in [0.1, 0.15) is 24.0 Å². The van der Waals surface area contributed by atoms with Gasteiger partial charge in [-0.1, -0.05) is 12.1 Å². The zero-order chi connectivity index (χ0) is 12.8. The number of aryl methyl sites for hydroxylation is 1. The van der Waals surface area contributed by atoms with E-state index < -0.39 is 0 Å². The van der Waals surface area contributed by atoms with Crippen molar-refractivity contribution in [3.8, 4) is 5.75 Å². The second-order valence-corrected chi connectivity index (χ2v) is 5.14. The summed E-state index contributed by atoms with van der Waals surface area (Å²) in [6.45, 7) is 0. The standard InChI is InChI=1S/C16H14N2O/c19-15-9-14-16(11-6-2-1-5-10(11)15)18-13-8-4-3-7-12(13)17-14/h3-4,7-9,19H,1-2,5-6H2. The van der Waals surface area contributed by atoms with E-state index in [1.165, 1.54) is 12.0 Å². The number of phenolic OH excluding ortho intramolecular Hbond substituents is 1. The summed E-state index contributed by atoms with van der Waals surface area (Å²) in [6.07, 6.45) is 4.26. The molecule has 3 aromatic rings. The summed E-state index contributed by atoms with van der Waals surface area (Å²) in [5, 5.41) is 10.2. The third-order valence-corrected chi connectivity index (χ3v) is 3.93. The van der Waals surface area contributed by atoms with Gasteiger partial charge in [0, 0.05) is 6.07 Å². The number of aromatic hydroxyl groups is 1. The first-order chi connectivity index (χ1) is 9.33. The molecule has 0 saturated heterocycles. The third kappa shape index (κ3) is 1.58. The number of hydrogen-bond acceptors (Lipinski definition) is 3. The summed E-state index contributed by atoms with van der Waals surface area (Å²) in [4.78, 5) is 9.38. The summed E-state index contributed by atoms with van der Waals surface area (Å²) < 4.78 is 0. The molecule has 3 heteroatoms. The predicted molar refractivity (Wildman–Crippen MR) is 75.4 cm³/mol. The molecule has 2 aromatic carbocycles. The number of phenols is 1. The van der Waals surface area contributed by atoms with Crippen LogP contribution < -0.4 is 0 Å². The molecule has 0 amide bonds. The van der Waals surface area contributed by atoms with Gasteiger partial charge in [-0.25, -0.2) is 9.97 Å². The average Bonchev–Trinajstić information content (AvgIpc) is 2.46. The Morgan fingerprint density at radius 2 is 1.53 bits per heavy atom. The Kier molecular flexibility index (Phi) is 2.21. The van der Waals surface area contributed by atoms with Gasteiger partial charge in [-0.2, -0.15) is 0 Å². The molecular formula is C16H14N2O. The zero-order valence-corrected chi connectivity index (χ0v) is 10.6. The van der Waals surface area contributed by atoms with E-state index in [9.17, 15) is 5.11 Å². The monoisotopic (exact) mass is 250 g/mol. The highest BCUT2D eigenvalue weighted by molar-refractivity contribution is 5.89. The Hall–Kier alpha value is -2.16. The molecule has 0 bridgehead atoms. The van der Waals surface area contributed by atoms with Gasteiger partial charge in [-0.05, 0) is 48.9 Å². The van der Waals surface area contributed by atoms with E-state index in [0.29, 0.717) is 5.75 Å². The minimum atomic E-state index is 0.381. The fraction of sp³-hybridized carbons (Fsp3) is 0.250. The fourth-order valence-corrected chi connectivity index (χ4v) is 3.00. The zero-order valence-electron chi connectivity index (χ0n) is 10.6. The number of fused-ring (bicyclic) bond motifs is 4. The highest BCUT2D eigenvalue weighted by Crippen LogP contribution is 2.34. The Balaban J connectivity index is 2.14. The highest BCUT2D eigenvalue weighted by Gasteiger charge is 2.18. The minimum absolute atomic E-state index is 0.381. The molecule has 0 fully saturated rings. The molecule has 0 saturated carbocycles. The number of aromatic nitrogens is 2. The molecule has 3 nitrogen and oxygen atoms in total.